The molecule has 0 saturated carbocycles. The molecule has 0 spiro atoms. The van der Waals surface area contributed by atoms with Crippen molar-refractivity contribution in [1.29, 1.82) is 0 Å². The molecule has 1 aromatic carbocycles. The Morgan fingerprint density at radius 2 is 1.93 bits per heavy atom. The normalized spacial score (nSPS) is 19.2. The Hall–Kier alpha value is -1.81. The molecule has 30 heavy (non-hydrogen) atoms. The molecule has 7 nitrogen and oxygen atoms in total. The number of nitrogens with zero attached hydrogens (tertiary/aromatic N) is 3. The Balaban J connectivity index is 1.31. The number of sulfonamides is 1. The average Bonchev–Trinajstić information content (AvgIpc) is 3.41. The van der Waals surface area contributed by atoms with Crippen LogP contribution in [0.5, 0.6) is 0 Å². The lowest BCUT2D eigenvalue weighted by Crippen LogP contribution is -2.38. The fourth-order valence-electron chi connectivity index (χ4n) is 4.11. The quantitative estimate of drug-likeness (QED) is 0.734. The van der Waals surface area contributed by atoms with Crippen LogP contribution >= 0.6 is 11.3 Å². The Labute approximate surface area is 182 Å². The van der Waals surface area contributed by atoms with Crippen molar-refractivity contribution in [3.8, 4) is 0 Å². The van der Waals surface area contributed by atoms with E-state index in [2.05, 4.69) is 20.6 Å². The molecule has 2 aliphatic heterocycles. The molecular formula is C21H28N4O3S2. The summed E-state index contributed by atoms with van der Waals surface area (Å²) >= 11 is 1.72. The first kappa shape index (κ1) is 21.4. The molecule has 1 N–H and O–H groups in total. The van der Waals surface area contributed by atoms with Crippen LogP contribution < -0.4 is 5.32 Å². The van der Waals surface area contributed by atoms with Gasteiger partial charge in [-0.3, -0.25) is 9.69 Å². The average molecular weight is 449 g/mol. The standard InChI is InChI=1S/C21H28N4O3S2/c1-16-15-29-21(22-16)17-7-11-24(12-8-17)14-20(26)23-18-5-4-6-19(13-18)30(27,28)25-9-2-3-10-25/h4-6,13,15,17H,2-3,7-12,14H2,1H3,(H,23,26). The number of nitrogens with one attached hydrogen (secondary N) is 1. The Morgan fingerprint density at radius 1 is 1.20 bits per heavy atom. The van der Waals surface area contributed by atoms with Gasteiger partial charge in [-0.15, -0.1) is 11.3 Å². The summed E-state index contributed by atoms with van der Waals surface area (Å²) in [5, 5.41) is 6.16. The summed E-state index contributed by atoms with van der Waals surface area (Å²) in [6, 6.07) is 6.56. The zero-order valence-electron chi connectivity index (χ0n) is 17.2. The second-order valence-electron chi connectivity index (χ2n) is 8.06. The number of carbonyl (C=O) groups excluding carboxylic acids is 1. The van der Waals surface area contributed by atoms with Crippen LogP contribution in [0.3, 0.4) is 0 Å². The number of hydrogen-bond acceptors (Lipinski definition) is 6. The number of benzene rings is 1. The Kier molecular flexibility index (Phi) is 6.52. The molecule has 3 heterocycles. The van der Waals surface area contributed by atoms with Gasteiger partial charge >= 0.3 is 0 Å². The highest BCUT2D eigenvalue weighted by molar-refractivity contribution is 7.89. The van der Waals surface area contributed by atoms with Crippen LogP contribution in [0.4, 0.5) is 5.69 Å². The lowest BCUT2D eigenvalue weighted by molar-refractivity contribution is -0.117. The van der Waals surface area contributed by atoms with Crippen LogP contribution in [0.25, 0.3) is 0 Å². The molecule has 162 valence electrons. The van der Waals surface area contributed by atoms with Crippen molar-refractivity contribution in [2.24, 2.45) is 0 Å². The van der Waals surface area contributed by atoms with E-state index in [1.54, 1.807) is 35.6 Å². The number of aromatic nitrogens is 1. The highest BCUT2D eigenvalue weighted by Crippen LogP contribution is 2.30. The van der Waals surface area contributed by atoms with Crippen LogP contribution in [0.1, 0.15) is 42.3 Å². The minimum atomic E-state index is -3.49. The van der Waals surface area contributed by atoms with E-state index in [0.29, 0.717) is 31.2 Å². The molecule has 0 atom stereocenters. The maximum atomic E-state index is 12.7. The third-order valence-electron chi connectivity index (χ3n) is 5.76. The minimum Gasteiger partial charge on any atom is -0.325 e. The first-order chi connectivity index (χ1) is 14.4. The molecule has 0 bridgehead atoms. The van der Waals surface area contributed by atoms with Crippen LogP contribution in [0, 0.1) is 6.92 Å². The van der Waals surface area contributed by atoms with Gasteiger partial charge in [-0.25, -0.2) is 13.4 Å². The van der Waals surface area contributed by atoms with Gasteiger partial charge in [-0.2, -0.15) is 4.31 Å². The van der Waals surface area contributed by atoms with Crippen molar-refractivity contribution >= 4 is 33.0 Å². The summed E-state index contributed by atoms with van der Waals surface area (Å²) in [7, 11) is -3.49. The zero-order chi connectivity index (χ0) is 21.1. The fourth-order valence-corrected chi connectivity index (χ4v) is 6.65. The first-order valence-corrected chi connectivity index (χ1v) is 12.8. The second kappa shape index (κ2) is 9.13. The van der Waals surface area contributed by atoms with E-state index >= 15 is 0 Å². The fraction of sp³-hybridized carbons (Fsp3) is 0.524. The number of piperidine rings is 1. The van der Waals surface area contributed by atoms with Crippen molar-refractivity contribution < 1.29 is 13.2 Å². The largest absolute Gasteiger partial charge is 0.325 e. The van der Waals surface area contributed by atoms with Crippen molar-refractivity contribution in [2.75, 3.05) is 38.0 Å². The highest BCUT2D eigenvalue weighted by atomic mass is 32.2. The zero-order valence-corrected chi connectivity index (χ0v) is 18.8. The molecule has 2 aliphatic rings. The number of thiazole rings is 1. The Morgan fingerprint density at radius 3 is 2.60 bits per heavy atom. The van der Waals surface area contributed by atoms with Crippen LogP contribution in [0.2, 0.25) is 0 Å². The van der Waals surface area contributed by atoms with E-state index in [9.17, 15) is 13.2 Å². The van der Waals surface area contributed by atoms with Gasteiger partial charge in [0.15, 0.2) is 0 Å². The minimum absolute atomic E-state index is 0.116. The summed E-state index contributed by atoms with van der Waals surface area (Å²) in [6.07, 6.45) is 3.80. The van der Waals surface area contributed by atoms with Crippen molar-refractivity contribution in [3.05, 3.63) is 40.3 Å². The monoisotopic (exact) mass is 448 g/mol. The molecule has 2 saturated heterocycles. The summed E-state index contributed by atoms with van der Waals surface area (Å²) in [5.74, 6) is 0.366. The van der Waals surface area contributed by atoms with E-state index in [4.69, 9.17) is 0 Å². The number of rotatable bonds is 6. The highest BCUT2D eigenvalue weighted by Gasteiger charge is 2.27. The third-order valence-corrected chi connectivity index (χ3v) is 8.78. The molecule has 2 fully saturated rings. The number of likely N-dealkylation sites (tertiary alicyclic amines) is 1. The van der Waals surface area contributed by atoms with E-state index in [0.717, 1.165) is 44.5 Å². The predicted octanol–water partition coefficient (Wildman–Crippen LogP) is 3.05. The van der Waals surface area contributed by atoms with Gasteiger partial charge in [0.05, 0.1) is 16.4 Å². The number of amides is 1. The summed E-state index contributed by atoms with van der Waals surface area (Å²) in [5.41, 5.74) is 1.60. The smallest absolute Gasteiger partial charge is 0.243 e. The van der Waals surface area contributed by atoms with Crippen LogP contribution in [-0.2, 0) is 14.8 Å². The van der Waals surface area contributed by atoms with Crippen LogP contribution in [-0.4, -0.2) is 61.2 Å². The lowest BCUT2D eigenvalue weighted by Gasteiger charge is -2.30. The maximum Gasteiger partial charge on any atom is 0.243 e. The van der Waals surface area contributed by atoms with Crippen LogP contribution in [0.15, 0.2) is 34.5 Å². The topological polar surface area (TPSA) is 82.6 Å². The summed E-state index contributed by atoms with van der Waals surface area (Å²) < 4.78 is 27.0. The predicted molar refractivity (Wildman–Crippen MR) is 118 cm³/mol. The van der Waals surface area contributed by atoms with E-state index in [-0.39, 0.29) is 10.8 Å². The molecule has 9 heteroatoms. The molecule has 0 aliphatic carbocycles. The van der Waals surface area contributed by atoms with E-state index in [1.807, 2.05) is 6.92 Å². The number of hydrogen-bond donors (Lipinski definition) is 1. The van der Waals surface area contributed by atoms with E-state index < -0.39 is 10.0 Å². The van der Waals surface area contributed by atoms with Crippen molar-refractivity contribution in [1.82, 2.24) is 14.2 Å². The molecule has 4 rings (SSSR count). The Bertz CT molecular complexity index is 991. The molecule has 0 unspecified atom stereocenters. The summed E-state index contributed by atoms with van der Waals surface area (Å²) in [6.45, 7) is 5.18. The second-order valence-corrected chi connectivity index (χ2v) is 10.9. The first-order valence-electron chi connectivity index (χ1n) is 10.5. The molecular weight excluding hydrogens is 420 g/mol. The number of anilines is 1. The van der Waals surface area contributed by atoms with Gasteiger partial charge < -0.3 is 5.32 Å². The van der Waals surface area contributed by atoms with Gasteiger partial charge in [0, 0.05) is 35.8 Å². The molecule has 0 radical (unpaired) electrons. The van der Waals surface area contributed by atoms with Gasteiger partial charge in [-0.1, -0.05) is 6.07 Å². The van der Waals surface area contributed by atoms with Gasteiger partial charge in [0.2, 0.25) is 15.9 Å². The van der Waals surface area contributed by atoms with Gasteiger partial charge in [0.1, 0.15) is 0 Å². The third kappa shape index (κ3) is 4.91. The van der Waals surface area contributed by atoms with Crippen molar-refractivity contribution in [3.63, 3.8) is 0 Å². The number of aryl methyl sites for hydroxylation is 1. The summed E-state index contributed by atoms with van der Waals surface area (Å²) in [4.78, 5) is 19.5. The number of carbonyl (C=O) groups is 1. The lowest BCUT2D eigenvalue weighted by atomic mass is 9.97. The molecule has 1 aromatic heterocycles. The van der Waals surface area contributed by atoms with Gasteiger partial charge in [0.25, 0.3) is 0 Å². The molecule has 2 aromatic rings. The van der Waals surface area contributed by atoms with E-state index in [1.165, 1.54) is 9.31 Å². The van der Waals surface area contributed by atoms with Gasteiger partial charge in [-0.05, 0) is 63.9 Å². The molecule has 1 amide bonds. The SMILES string of the molecule is Cc1csc(C2CCN(CC(=O)Nc3cccc(S(=O)(=O)N4CCCC4)c3)CC2)n1. The van der Waals surface area contributed by atoms with Crippen molar-refractivity contribution in [2.45, 2.75) is 43.4 Å². The maximum absolute atomic E-state index is 12.7.